The first kappa shape index (κ1) is 30.7. The zero-order valence-electron chi connectivity index (χ0n) is 22.6. The molecule has 0 saturated carbocycles. The van der Waals surface area contributed by atoms with Crippen LogP contribution in [0.2, 0.25) is 0 Å². The molecule has 0 radical (unpaired) electrons. The number of rotatable bonds is 12. The van der Waals surface area contributed by atoms with Crippen molar-refractivity contribution in [2.24, 2.45) is 0 Å². The summed E-state index contributed by atoms with van der Waals surface area (Å²) in [5, 5.41) is 45.7. The highest BCUT2D eigenvalue weighted by Gasteiger charge is 2.30. The summed E-state index contributed by atoms with van der Waals surface area (Å²) in [6.45, 7) is 0. The lowest BCUT2D eigenvalue weighted by Crippen LogP contribution is -2.20. The predicted molar refractivity (Wildman–Crippen MR) is 153 cm³/mol. The SMILES string of the molecule is O=C(OC(Cc1ccc([N+](=O)[O-])cc1)c1ccccc1[N+](=O)[O-])OC(Cc1ccc([N+](=O)[O-])cc1)c1ccccc1[N+](=O)[O-]. The third kappa shape index (κ3) is 7.52. The largest absolute Gasteiger partial charge is 0.509 e. The van der Waals surface area contributed by atoms with Gasteiger partial charge < -0.3 is 9.47 Å². The van der Waals surface area contributed by atoms with E-state index in [2.05, 4.69) is 0 Å². The molecule has 2 atom stereocenters. The Kier molecular flexibility index (Phi) is 9.50. The normalized spacial score (nSPS) is 12.0. The summed E-state index contributed by atoms with van der Waals surface area (Å²) in [5.74, 6) is 0. The summed E-state index contributed by atoms with van der Waals surface area (Å²) in [6, 6.07) is 21.7. The van der Waals surface area contributed by atoms with Gasteiger partial charge >= 0.3 is 6.16 Å². The van der Waals surface area contributed by atoms with E-state index in [1.165, 1.54) is 97.1 Å². The van der Waals surface area contributed by atoms with Gasteiger partial charge in [0.2, 0.25) is 0 Å². The molecule has 0 aliphatic heterocycles. The first-order valence-electron chi connectivity index (χ1n) is 12.8. The number of ether oxygens (including phenoxy) is 2. The molecule has 15 nitrogen and oxygen atoms in total. The van der Waals surface area contributed by atoms with Gasteiger partial charge in [-0.3, -0.25) is 40.5 Å². The molecule has 0 bridgehead atoms. The quantitative estimate of drug-likeness (QED) is 0.0941. The summed E-state index contributed by atoms with van der Waals surface area (Å²) in [4.78, 5) is 56.4. The minimum Gasteiger partial charge on any atom is -0.425 e. The molecule has 0 amide bonds. The summed E-state index contributed by atoms with van der Waals surface area (Å²) in [5.41, 5.74) is -0.136. The number of carbonyl (C=O) groups excluding carboxylic acids is 1. The lowest BCUT2D eigenvalue weighted by Gasteiger charge is -2.22. The number of carbonyl (C=O) groups is 1. The number of hydrogen-bond acceptors (Lipinski definition) is 11. The van der Waals surface area contributed by atoms with Gasteiger partial charge in [0.25, 0.3) is 22.7 Å². The molecule has 0 saturated heterocycles. The van der Waals surface area contributed by atoms with Crippen molar-refractivity contribution in [3.8, 4) is 0 Å². The molecule has 0 N–H and O–H groups in total. The maximum atomic E-state index is 13.3. The van der Waals surface area contributed by atoms with Crippen LogP contribution in [0.1, 0.15) is 34.5 Å². The molecular weight excluding hydrogens is 580 g/mol. The number of hydrogen-bond donors (Lipinski definition) is 0. The molecule has 4 aromatic rings. The fraction of sp³-hybridized carbons (Fsp3) is 0.138. The molecule has 0 aliphatic rings. The Bertz CT molecular complexity index is 1580. The number of nitro groups is 4. The van der Waals surface area contributed by atoms with Crippen LogP contribution in [-0.2, 0) is 22.3 Å². The van der Waals surface area contributed by atoms with Gasteiger partial charge in [-0.25, -0.2) is 4.79 Å². The van der Waals surface area contributed by atoms with Crippen molar-refractivity contribution in [2.45, 2.75) is 25.0 Å². The Morgan fingerprint density at radius 2 is 0.864 bits per heavy atom. The Balaban J connectivity index is 1.67. The predicted octanol–water partition coefficient (Wildman–Crippen LogP) is 6.74. The second-order valence-corrected chi connectivity index (χ2v) is 9.35. The van der Waals surface area contributed by atoms with E-state index in [-0.39, 0.29) is 46.7 Å². The van der Waals surface area contributed by atoms with Gasteiger partial charge in [0.1, 0.15) is 12.2 Å². The molecular formula is C29H22N4O11. The van der Waals surface area contributed by atoms with Crippen LogP contribution in [0.5, 0.6) is 0 Å². The number of nitrogens with zero attached hydrogens (tertiary/aromatic N) is 4. The molecule has 0 heterocycles. The van der Waals surface area contributed by atoms with Crippen molar-refractivity contribution in [3.63, 3.8) is 0 Å². The highest BCUT2D eigenvalue weighted by molar-refractivity contribution is 5.62. The third-order valence-electron chi connectivity index (χ3n) is 6.57. The molecule has 4 rings (SSSR count). The number of benzene rings is 4. The van der Waals surface area contributed by atoms with Crippen LogP contribution in [0.25, 0.3) is 0 Å². The monoisotopic (exact) mass is 602 g/mol. The Hall–Kier alpha value is -6.25. The molecule has 0 spiro atoms. The van der Waals surface area contributed by atoms with Gasteiger partial charge in [-0.15, -0.1) is 0 Å². The van der Waals surface area contributed by atoms with Gasteiger partial charge in [0, 0.05) is 49.2 Å². The fourth-order valence-electron chi connectivity index (χ4n) is 4.48. The number of para-hydroxylation sites is 2. The third-order valence-corrected chi connectivity index (χ3v) is 6.57. The average Bonchev–Trinajstić information content (AvgIpc) is 3.01. The lowest BCUT2D eigenvalue weighted by molar-refractivity contribution is -0.386. The minimum atomic E-state index is -1.31. The number of nitro benzene ring substituents is 4. The Morgan fingerprint density at radius 3 is 1.18 bits per heavy atom. The van der Waals surface area contributed by atoms with Gasteiger partial charge in [-0.05, 0) is 23.3 Å². The van der Waals surface area contributed by atoms with Gasteiger partial charge in [0.15, 0.2) is 0 Å². The van der Waals surface area contributed by atoms with E-state index >= 15 is 0 Å². The van der Waals surface area contributed by atoms with E-state index in [0.29, 0.717) is 11.1 Å². The lowest BCUT2D eigenvalue weighted by atomic mass is 9.99. The van der Waals surface area contributed by atoms with E-state index in [0.717, 1.165) is 0 Å². The van der Waals surface area contributed by atoms with E-state index in [9.17, 15) is 45.3 Å². The van der Waals surface area contributed by atoms with Crippen LogP contribution in [0.3, 0.4) is 0 Å². The second kappa shape index (κ2) is 13.6. The first-order valence-corrected chi connectivity index (χ1v) is 12.8. The van der Waals surface area contributed by atoms with Crippen molar-refractivity contribution in [1.29, 1.82) is 0 Å². The van der Waals surface area contributed by atoms with Gasteiger partial charge in [0.05, 0.1) is 30.8 Å². The zero-order valence-corrected chi connectivity index (χ0v) is 22.6. The second-order valence-electron chi connectivity index (χ2n) is 9.35. The van der Waals surface area contributed by atoms with E-state index in [1.807, 2.05) is 0 Å². The van der Waals surface area contributed by atoms with Crippen molar-refractivity contribution in [1.82, 2.24) is 0 Å². The number of non-ortho nitro benzene ring substituents is 2. The van der Waals surface area contributed by atoms with Gasteiger partial charge in [-0.1, -0.05) is 48.5 Å². The molecule has 0 aromatic heterocycles. The topological polar surface area (TPSA) is 208 Å². The van der Waals surface area contributed by atoms with E-state index in [4.69, 9.17) is 9.47 Å². The zero-order chi connectivity index (χ0) is 31.8. The van der Waals surface area contributed by atoms with Gasteiger partial charge in [-0.2, -0.15) is 0 Å². The maximum Gasteiger partial charge on any atom is 0.509 e. The molecule has 44 heavy (non-hydrogen) atoms. The smallest absolute Gasteiger partial charge is 0.425 e. The summed E-state index contributed by atoms with van der Waals surface area (Å²) in [7, 11) is 0. The van der Waals surface area contributed by atoms with Crippen molar-refractivity contribution in [2.75, 3.05) is 0 Å². The molecule has 2 unspecified atom stereocenters. The highest BCUT2D eigenvalue weighted by atomic mass is 16.7. The summed E-state index contributed by atoms with van der Waals surface area (Å²) in [6.07, 6.45) is -4.15. The van der Waals surface area contributed by atoms with Crippen LogP contribution >= 0.6 is 0 Å². The average molecular weight is 603 g/mol. The molecule has 15 heteroatoms. The summed E-state index contributed by atoms with van der Waals surface area (Å²) >= 11 is 0. The molecule has 224 valence electrons. The highest BCUT2D eigenvalue weighted by Crippen LogP contribution is 2.34. The molecule has 4 aromatic carbocycles. The van der Waals surface area contributed by atoms with E-state index in [1.54, 1.807) is 0 Å². The van der Waals surface area contributed by atoms with Crippen molar-refractivity contribution >= 4 is 28.9 Å². The fourth-order valence-corrected chi connectivity index (χ4v) is 4.48. The van der Waals surface area contributed by atoms with Crippen LogP contribution in [-0.4, -0.2) is 25.8 Å². The van der Waals surface area contributed by atoms with Crippen molar-refractivity contribution in [3.05, 3.63) is 160 Å². The summed E-state index contributed by atoms with van der Waals surface area (Å²) < 4.78 is 11.2. The maximum absolute atomic E-state index is 13.3. The van der Waals surface area contributed by atoms with Crippen LogP contribution < -0.4 is 0 Å². The van der Waals surface area contributed by atoms with Crippen LogP contribution in [0.15, 0.2) is 97.1 Å². The van der Waals surface area contributed by atoms with Crippen LogP contribution in [0, 0.1) is 40.5 Å². The molecule has 0 aliphatic carbocycles. The van der Waals surface area contributed by atoms with Crippen molar-refractivity contribution < 1.29 is 34.0 Å². The standard InChI is InChI=1S/C29H22N4O11/c34-29(43-27(23-5-1-3-7-25(23)32(39)40)17-19-9-13-21(14-10-19)30(35)36)44-28(24-6-2-4-8-26(24)33(41)42)18-20-11-15-22(16-12-20)31(37)38/h1-16,27-28H,17-18H2. The van der Waals surface area contributed by atoms with Crippen LogP contribution in [0.4, 0.5) is 27.5 Å². The molecule has 0 fully saturated rings. The van der Waals surface area contributed by atoms with E-state index < -0.39 is 38.1 Å². The Labute approximate surface area is 247 Å². The first-order chi connectivity index (χ1) is 21.0. The minimum absolute atomic E-state index is 0.0189. The Morgan fingerprint density at radius 1 is 0.523 bits per heavy atom.